The third-order valence-corrected chi connectivity index (χ3v) is 5.23. The summed E-state index contributed by atoms with van der Waals surface area (Å²) in [5, 5.41) is 0. The number of thioether (sulfide) groups is 1. The van der Waals surface area contributed by atoms with Crippen LogP contribution in [0.25, 0.3) is 0 Å². The maximum atomic E-state index is 11.8. The number of hydrogen-bond donors (Lipinski definition) is 0. The van der Waals surface area contributed by atoms with E-state index in [0.717, 1.165) is 42.1 Å². The summed E-state index contributed by atoms with van der Waals surface area (Å²) in [5.74, 6) is 2.15. The smallest absolute Gasteiger partial charge is 0.246 e. The highest BCUT2D eigenvalue weighted by Gasteiger charge is 2.32. The summed E-state index contributed by atoms with van der Waals surface area (Å²) >= 11 is 5.33. The second-order valence-electron chi connectivity index (χ2n) is 4.95. The van der Waals surface area contributed by atoms with Gasteiger partial charge in [-0.1, -0.05) is 6.58 Å². The molecule has 1 aromatic rings. The molecule has 0 radical (unpaired) electrons. The number of pyridine rings is 1. The van der Waals surface area contributed by atoms with Crippen LogP contribution in [0.4, 0.5) is 5.82 Å². The molecular formula is C14H16BrN3OS. The Morgan fingerprint density at radius 3 is 3.20 bits per heavy atom. The van der Waals surface area contributed by atoms with Crippen molar-refractivity contribution in [2.24, 2.45) is 0 Å². The van der Waals surface area contributed by atoms with Crippen molar-refractivity contribution < 1.29 is 4.79 Å². The lowest BCUT2D eigenvalue weighted by atomic mass is 10.1. The molecule has 0 aromatic carbocycles. The van der Waals surface area contributed by atoms with Crippen molar-refractivity contribution in [3.8, 4) is 0 Å². The Morgan fingerprint density at radius 2 is 2.40 bits per heavy atom. The van der Waals surface area contributed by atoms with Crippen molar-refractivity contribution >= 4 is 39.4 Å². The Kier molecular flexibility index (Phi) is 4.03. The summed E-state index contributed by atoms with van der Waals surface area (Å²) < 4.78 is 1.02. The molecule has 1 aromatic heterocycles. The van der Waals surface area contributed by atoms with Crippen LogP contribution in [-0.4, -0.2) is 47.2 Å². The topological polar surface area (TPSA) is 36.4 Å². The average molecular weight is 354 g/mol. The van der Waals surface area contributed by atoms with Crippen LogP contribution in [0.1, 0.15) is 6.42 Å². The molecule has 106 valence electrons. The lowest BCUT2D eigenvalue weighted by Gasteiger charge is -2.41. The first-order valence-electron chi connectivity index (χ1n) is 6.65. The lowest BCUT2D eigenvalue weighted by molar-refractivity contribution is -0.126. The minimum Gasteiger partial charge on any atom is -0.349 e. The maximum Gasteiger partial charge on any atom is 0.246 e. The van der Waals surface area contributed by atoms with Gasteiger partial charge in [-0.3, -0.25) is 4.79 Å². The van der Waals surface area contributed by atoms with Gasteiger partial charge in [0.15, 0.2) is 0 Å². The Hall–Kier alpha value is -1.01. The standard InChI is InChI=1S/C14H16BrN3OS/c1-2-13(19)17-4-5-18-11(9-17)3-6-20-12-7-10(15)8-16-14(12)18/h2,7-8,11H,1,3-6,9H2. The molecule has 1 saturated heterocycles. The van der Waals surface area contributed by atoms with E-state index >= 15 is 0 Å². The molecule has 0 spiro atoms. The Morgan fingerprint density at radius 1 is 1.55 bits per heavy atom. The van der Waals surface area contributed by atoms with E-state index in [1.807, 2.05) is 22.9 Å². The third kappa shape index (κ3) is 2.59. The fraction of sp³-hybridized carbons (Fsp3) is 0.429. The van der Waals surface area contributed by atoms with Gasteiger partial charge in [0.05, 0.1) is 4.90 Å². The fourth-order valence-electron chi connectivity index (χ4n) is 2.75. The molecule has 1 amide bonds. The predicted molar refractivity (Wildman–Crippen MR) is 85.2 cm³/mol. The molecule has 20 heavy (non-hydrogen) atoms. The number of hydrogen-bond acceptors (Lipinski definition) is 4. The van der Waals surface area contributed by atoms with Crippen molar-refractivity contribution in [1.82, 2.24) is 9.88 Å². The van der Waals surface area contributed by atoms with Crippen LogP contribution in [0.2, 0.25) is 0 Å². The molecule has 2 aliphatic heterocycles. The number of aromatic nitrogens is 1. The number of carbonyl (C=O) groups is 1. The van der Waals surface area contributed by atoms with Crippen molar-refractivity contribution in [2.75, 3.05) is 30.3 Å². The van der Waals surface area contributed by atoms with Gasteiger partial charge in [-0.25, -0.2) is 4.98 Å². The lowest BCUT2D eigenvalue weighted by Crippen LogP contribution is -2.54. The highest BCUT2D eigenvalue weighted by atomic mass is 79.9. The number of fused-ring (bicyclic) bond motifs is 3. The summed E-state index contributed by atoms with van der Waals surface area (Å²) in [5.41, 5.74) is 0. The number of halogens is 1. The first-order chi connectivity index (χ1) is 9.69. The maximum absolute atomic E-state index is 11.8. The normalized spacial score (nSPS) is 21.8. The molecule has 2 aliphatic rings. The highest BCUT2D eigenvalue weighted by molar-refractivity contribution is 9.10. The zero-order chi connectivity index (χ0) is 14.1. The van der Waals surface area contributed by atoms with Crippen LogP contribution in [0.15, 0.2) is 34.3 Å². The molecule has 0 N–H and O–H groups in total. The van der Waals surface area contributed by atoms with Crippen LogP contribution in [-0.2, 0) is 4.79 Å². The largest absolute Gasteiger partial charge is 0.349 e. The van der Waals surface area contributed by atoms with Crippen LogP contribution < -0.4 is 4.90 Å². The van der Waals surface area contributed by atoms with E-state index in [2.05, 4.69) is 38.5 Å². The van der Waals surface area contributed by atoms with Crippen molar-refractivity contribution in [3.05, 3.63) is 29.4 Å². The number of rotatable bonds is 1. The zero-order valence-corrected chi connectivity index (χ0v) is 13.5. The SMILES string of the molecule is C=CC(=O)N1CCN2c3ncc(Br)cc3SCCC2C1. The van der Waals surface area contributed by atoms with Gasteiger partial charge in [0.1, 0.15) is 5.82 Å². The summed E-state index contributed by atoms with van der Waals surface area (Å²) in [7, 11) is 0. The highest BCUT2D eigenvalue weighted by Crippen LogP contribution is 2.37. The van der Waals surface area contributed by atoms with E-state index in [1.165, 1.54) is 11.0 Å². The number of piperazine rings is 1. The van der Waals surface area contributed by atoms with Gasteiger partial charge >= 0.3 is 0 Å². The molecule has 0 bridgehead atoms. The first kappa shape index (κ1) is 13.9. The second-order valence-corrected chi connectivity index (χ2v) is 7.00. The summed E-state index contributed by atoms with van der Waals surface area (Å²) in [6, 6.07) is 2.49. The van der Waals surface area contributed by atoms with Gasteiger partial charge in [-0.2, -0.15) is 0 Å². The van der Waals surface area contributed by atoms with Gasteiger partial charge in [0.2, 0.25) is 5.91 Å². The molecular weight excluding hydrogens is 338 g/mol. The summed E-state index contributed by atoms with van der Waals surface area (Å²) in [6.45, 7) is 5.92. The van der Waals surface area contributed by atoms with Gasteiger partial charge in [-0.15, -0.1) is 11.8 Å². The number of nitrogens with zero attached hydrogens (tertiary/aromatic N) is 3. The van der Waals surface area contributed by atoms with Gasteiger partial charge in [0, 0.05) is 42.1 Å². The summed E-state index contributed by atoms with van der Waals surface area (Å²) in [4.78, 5) is 21.8. The predicted octanol–water partition coefficient (Wildman–Crippen LogP) is 2.54. The van der Waals surface area contributed by atoms with E-state index in [1.54, 1.807) is 0 Å². The monoisotopic (exact) mass is 353 g/mol. The quantitative estimate of drug-likeness (QED) is 0.727. The molecule has 6 heteroatoms. The molecule has 1 atom stereocenters. The zero-order valence-electron chi connectivity index (χ0n) is 11.1. The van der Waals surface area contributed by atoms with Crippen LogP contribution in [0.3, 0.4) is 0 Å². The Bertz CT molecular complexity index is 551. The van der Waals surface area contributed by atoms with E-state index in [9.17, 15) is 4.79 Å². The Balaban J connectivity index is 1.87. The van der Waals surface area contributed by atoms with Crippen LogP contribution >= 0.6 is 27.7 Å². The number of carbonyl (C=O) groups excluding carboxylic acids is 1. The molecule has 4 nitrogen and oxygen atoms in total. The Labute approximate surface area is 131 Å². The second kappa shape index (κ2) is 5.77. The molecule has 3 heterocycles. The minimum atomic E-state index is 0.0329. The van der Waals surface area contributed by atoms with E-state index in [-0.39, 0.29) is 5.91 Å². The van der Waals surface area contributed by atoms with Crippen molar-refractivity contribution in [3.63, 3.8) is 0 Å². The van der Waals surface area contributed by atoms with Crippen molar-refractivity contribution in [2.45, 2.75) is 17.4 Å². The number of anilines is 1. The van der Waals surface area contributed by atoms with Crippen molar-refractivity contribution in [1.29, 1.82) is 0 Å². The summed E-state index contributed by atoms with van der Waals surface area (Å²) in [6.07, 6.45) is 4.33. The van der Waals surface area contributed by atoms with E-state index in [0.29, 0.717) is 6.04 Å². The minimum absolute atomic E-state index is 0.0329. The van der Waals surface area contributed by atoms with Gasteiger partial charge in [0.25, 0.3) is 0 Å². The molecule has 3 rings (SSSR count). The van der Waals surface area contributed by atoms with Gasteiger partial charge < -0.3 is 9.80 Å². The average Bonchev–Trinajstić information content (AvgIpc) is 2.64. The van der Waals surface area contributed by atoms with E-state index in [4.69, 9.17) is 0 Å². The molecule has 1 unspecified atom stereocenters. The molecule has 0 aliphatic carbocycles. The van der Waals surface area contributed by atoms with Crippen LogP contribution in [0.5, 0.6) is 0 Å². The fourth-order valence-corrected chi connectivity index (χ4v) is 4.35. The number of amides is 1. The van der Waals surface area contributed by atoms with Gasteiger partial charge in [-0.05, 0) is 34.5 Å². The van der Waals surface area contributed by atoms with E-state index < -0.39 is 0 Å². The first-order valence-corrected chi connectivity index (χ1v) is 8.43. The third-order valence-electron chi connectivity index (χ3n) is 3.75. The molecule has 1 fully saturated rings. The molecule has 0 saturated carbocycles. The van der Waals surface area contributed by atoms with Crippen LogP contribution in [0, 0.1) is 0 Å².